The average Bonchev–Trinajstić information content (AvgIpc) is 2.90. The highest BCUT2D eigenvalue weighted by Crippen LogP contribution is 2.31. The topological polar surface area (TPSA) is 246 Å². The predicted molar refractivity (Wildman–Crippen MR) is 343 cm³/mol. The summed E-state index contributed by atoms with van der Waals surface area (Å²) in [5.41, 5.74) is 8.26. The molecule has 20 nitrogen and oxygen atoms in total. The van der Waals surface area contributed by atoms with Crippen molar-refractivity contribution in [3.63, 3.8) is 0 Å². The predicted octanol–water partition coefficient (Wildman–Crippen LogP) is 12.7. The molecule has 4 aliphatic heterocycles. The van der Waals surface area contributed by atoms with Gasteiger partial charge in [-0.1, -0.05) is 12.1 Å². The van der Waals surface area contributed by atoms with Crippen molar-refractivity contribution in [3.8, 4) is 0 Å². The number of ether oxygens (including phenoxy) is 4. The largest absolute Gasteiger partial charge is 0.444 e. The number of carbonyl (C=O) groups is 5. The Labute approximate surface area is 521 Å². The molecule has 0 radical (unpaired) electrons. The van der Waals surface area contributed by atoms with Crippen LogP contribution in [0.1, 0.15) is 236 Å². The minimum atomic E-state index is -1.24. The summed E-state index contributed by atoms with van der Waals surface area (Å²) in [5, 5.41) is 0. The van der Waals surface area contributed by atoms with E-state index < -0.39 is 44.4 Å². The number of nitrogens with two attached hydrogens (primary N) is 1. The molecule has 0 saturated carbocycles. The first-order valence-corrected chi connectivity index (χ1v) is 33.0. The standard InChI is InChI=1S/C21H35N3O3S.C17H27N3O2.C15H28N2O3S.C11H19NO3/c1-15-10-11-17(22-14-15)18(23-28(26)21(5,6)7)13-16-9-8-12-24(16)19(25)27-20(2,3)4;1-12-7-8-15(19-11-12)14(18)10-13-6-5-9-20(13)16(21)22-17(2,3)4;1-14(2,3)20-13(18)17-11-7-8-12(17)9-10-16-21(19)15(4,5)6;1-11(2,3)15-10(14)12-7-4-5-9(12)6-8-13/h10-11,14,16,18,23H,8-9,12-13H2,1-7H3;7-8,11,13-14H,5-6,9-10,18H2,1-4H3;10,12H,7-9,11H2,1-6H3;8-9H,4-7H2,1-3H3/t16-,18?,28+;13-,14?;12-,21+;9-/m0000/s1. The van der Waals surface area contributed by atoms with Crippen molar-refractivity contribution in [2.24, 2.45) is 10.1 Å². The quantitative estimate of drug-likeness (QED) is 0.108. The van der Waals surface area contributed by atoms with Crippen LogP contribution in [-0.2, 0) is 45.7 Å². The van der Waals surface area contributed by atoms with Gasteiger partial charge in [0, 0.05) is 87.8 Å². The molecule has 2 aromatic rings. The number of aromatic nitrogens is 2. The molecule has 8 atom stereocenters. The molecular formula is C64H109N9O11S2. The van der Waals surface area contributed by atoms with Gasteiger partial charge in [0.05, 0.1) is 37.9 Å². The van der Waals surface area contributed by atoms with Crippen LogP contribution in [0.3, 0.4) is 0 Å². The second kappa shape index (κ2) is 33.0. The number of likely N-dealkylation sites (tertiary alicyclic amines) is 4. The minimum absolute atomic E-state index is 0.0346. The molecule has 0 aromatic carbocycles. The van der Waals surface area contributed by atoms with Crippen LogP contribution in [0.5, 0.6) is 0 Å². The lowest BCUT2D eigenvalue weighted by Gasteiger charge is -2.31. The number of rotatable bonds is 13. The van der Waals surface area contributed by atoms with Crippen molar-refractivity contribution in [2.45, 2.75) is 284 Å². The Balaban J connectivity index is 0.000000307. The van der Waals surface area contributed by atoms with Gasteiger partial charge < -0.3 is 49.1 Å². The zero-order chi connectivity index (χ0) is 65.2. The fourth-order valence-electron chi connectivity index (χ4n) is 9.67. The lowest BCUT2D eigenvalue weighted by molar-refractivity contribution is -0.108. The highest BCUT2D eigenvalue weighted by molar-refractivity contribution is 7.85. The fourth-order valence-corrected chi connectivity index (χ4v) is 11.0. The van der Waals surface area contributed by atoms with Crippen molar-refractivity contribution in [1.29, 1.82) is 0 Å². The van der Waals surface area contributed by atoms with E-state index in [-0.39, 0.29) is 70.1 Å². The molecule has 86 heavy (non-hydrogen) atoms. The van der Waals surface area contributed by atoms with Crippen LogP contribution in [0.25, 0.3) is 0 Å². The van der Waals surface area contributed by atoms with Crippen LogP contribution in [0, 0.1) is 13.8 Å². The molecule has 2 aromatic heterocycles. The van der Waals surface area contributed by atoms with E-state index in [0.717, 1.165) is 99.7 Å². The molecule has 3 N–H and O–H groups in total. The van der Waals surface area contributed by atoms with Crippen LogP contribution < -0.4 is 10.5 Å². The van der Waals surface area contributed by atoms with E-state index in [2.05, 4.69) is 19.1 Å². The molecule has 0 aliphatic carbocycles. The van der Waals surface area contributed by atoms with E-state index in [1.807, 2.05) is 185 Å². The Kier molecular flexibility index (Phi) is 28.8. The van der Waals surface area contributed by atoms with E-state index in [0.29, 0.717) is 32.4 Å². The number of hydrogen-bond donors (Lipinski definition) is 2. The smallest absolute Gasteiger partial charge is 0.410 e. The monoisotopic (exact) mass is 1240 g/mol. The molecule has 0 bridgehead atoms. The van der Waals surface area contributed by atoms with Gasteiger partial charge in [-0.2, -0.15) is 4.40 Å². The summed E-state index contributed by atoms with van der Waals surface area (Å²) in [6, 6.07) is 7.91. The molecule has 2 unspecified atom stereocenters. The summed E-state index contributed by atoms with van der Waals surface area (Å²) in [6.45, 7) is 40.8. The minimum Gasteiger partial charge on any atom is -0.444 e. The fraction of sp³-hybridized carbons (Fsp3) is 0.750. The van der Waals surface area contributed by atoms with Crippen molar-refractivity contribution in [2.75, 3.05) is 26.2 Å². The first-order valence-electron chi connectivity index (χ1n) is 30.7. The Bertz CT molecular complexity index is 2550. The lowest BCUT2D eigenvalue weighted by atomic mass is 10.0. The molecule has 0 spiro atoms. The maximum atomic E-state index is 12.8. The van der Waals surface area contributed by atoms with E-state index in [4.69, 9.17) is 24.7 Å². The number of hydrogen-bond acceptors (Lipinski definition) is 14. The Morgan fingerprint density at radius 1 is 0.558 bits per heavy atom. The Morgan fingerprint density at radius 3 is 1.24 bits per heavy atom. The lowest BCUT2D eigenvalue weighted by Crippen LogP contribution is -2.43. The molecule has 4 fully saturated rings. The van der Waals surface area contributed by atoms with E-state index in [1.54, 1.807) is 16.0 Å². The maximum Gasteiger partial charge on any atom is 0.410 e. The number of pyridine rings is 2. The zero-order valence-corrected chi connectivity index (χ0v) is 57.5. The van der Waals surface area contributed by atoms with Gasteiger partial charge in [0.1, 0.15) is 39.7 Å². The molecule has 4 aliphatic rings. The van der Waals surface area contributed by atoms with Crippen molar-refractivity contribution < 1.29 is 51.3 Å². The van der Waals surface area contributed by atoms with E-state index in [1.165, 1.54) is 0 Å². The van der Waals surface area contributed by atoms with Crippen LogP contribution in [0.15, 0.2) is 41.1 Å². The summed E-state index contributed by atoms with van der Waals surface area (Å²) in [6.07, 6.45) is 15.1. The third kappa shape index (κ3) is 27.5. The molecule has 6 heterocycles. The Hall–Kier alpha value is -5.06. The summed E-state index contributed by atoms with van der Waals surface area (Å²) < 4.78 is 53.0. The van der Waals surface area contributed by atoms with Gasteiger partial charge in [0.15, 0.2) is 0 Å². The first kappa shape index (κ1) is 75.2. The van der Waals surface area contributed by atoms with Crippen LogP contribution in [-0.4, -0.2) is 157 Å². The van der Waals surface area contributed by atoms with Gasteiger partial charge in [0.2, 0.25) is 0 Å². The molecule has 6 rings (SSSR count). The summed E-state index contributed by atoms with van der Waals surface area (Å²) in [4.78, 5) is 75.2. The van der Waals surface area contributed by atoms with Gasteiger partial charge in [-0.3, -0.25) is 9.97 Å². The van der Waals surface area contributed by atoms with Gasteiger partial charge in [-0.15, -0.1) is 0 Å². The SMILES string of the molecule is CC(C)(C)OC(=O)N1CCC[C@H]1CC=N[S@](=O)C(C)(C)C.CC(C)(C)OC(=O)N1CCC[C@H]1CC=O.Cc1ccc(C(C[C@@H]2CCCN2C(=O)OC(C)(C)C)N[S@](=O)C(C)(C)C)nc1.Cc1ccc(C(N)C[C@@H]2CCCN2C(=O)OC(C)(C)C)nc1. The molecule has 22 heteroatoms. The van der Waals surface area contributed by atoms with Gasteiger partial charge in [0.25, 0.3) is 0 Å². The molecule has 4 amide bonds. The number of carbonyl (C=O) groups excluding carboxylic acids is 5. The van der Waals surface area contributed by atoms with Crippen molar-refractivity contribution >= 4 is 58.8 Å². The number of aryl methyl sites for hydroxylation is 2. The Morgan fingerprint density at radius 2 is 0.907 bits per heavy atom. The number of nitrogens with one attached hydrogen (secondary N) is 1. The second-order valence-electron chi connectivity index (χ2n) is 28.8. The number of aldehydes is 1. The van der Waals surface area contributed by atoms with Gasteiger partial charge in [-0.25, -0.2) is 32.3 Å². The summed E-state index contributed by atoms with van der Waals surface area (Å²) >= 11 is 0. The van der Waals surface area contributed by atoms with Crippen LogP contribution >= 0.6 is 0 Å². The van der Waals surface area contributed by atoms with E-state index in [9.17, 15) is 32.4 Å². The van der Waals surface area contributed by atoms with Crippen LogP contribution in [0.2, 0.25) is 0 Å². The normalized spacial score (nSPS) is 20.8. The second-order valence-corrected chi connectivity index (χ2v) is 32.7. The first-order chi connectivity index (χ1) is 39.6. The van der Waals surface area contributed by atoms with Crippen LogP contribution in [0.4, 0.5) is 19.2 Å². The zero-order valence-electron chi connectivity index (χ0n) is 55.9. The molecule has 488 valence electrons. The third-order valence-electron chi connectivity index (χ3n) is 13.9. The van der Waals surface area contributed by atoms with Gasteiger partial charge >= 0.3 is 24.4 Å². The van der Waals surface area contributed by atoms with E-state index >= 15 is 0 Å². The average molecular weight is 1240 g/mol. The molecular weight excluding hydrogens is 1130 g/mol. The molecule has 4 saturated heterocycles. The van der Waals surface area contributed by atoms with Gasteiger partial charge in [-0.05, 0) is 226 Å². The summed E-state index contributed by atoms with van der Waals surface area (Å²) in [5.74, 6) is 0. The van der Waals surface area contributed by atoms with Crippen molar-refractivity contribution in [3.05, 3.63) is 59.2 Å². The number of amides is 4. The number of nitrogens with zero attached hydrogens (tertiary/aromatic N) is 7. The highest BCUT2D eigenvalue weighted by Gasteiger charge is 2.38. The highest BCUT2D eigenvalue weighted by atomic mass is 32.2. The summed E-state index contributed by atoms with van der Waals surface area (Å²) in [7, 11) is -2.48. The third-order valence-corrected chi connectivity index (χ3v) is 16.9. The maximum absolute atomic E-state index is 12.8. The van der Waals surface area contributed by atoms with Crippen molar-refractivity contribution in [1.82, 2.24) is 34.3 Å².